The molecule has 0 aromatic carbocycles. The van der Waals surface area contributed by atoms with Gasteiger partial charge in [-0.3, -0.25) is 9.89 Å². The highest BCUT2D eigenvalue weighted by molar-refractivity contribution is 5.80. The van der Waals surface area contributed by atoms with Crippen LogP contribution in [-0.4, -0.2) is 80.3 Å². The van der Waals surface area contributed by atoms with E-state index < -0.39 is 12.7 Å². The van der Waals surface area contributed by atoms with Crippen molar-refractivity contribution < 1.29 is 13.2 Å². The smallest absolute Gasteiger partial charge is 0.357 e. The molecule has 5 nitrogen and oxygen atoms in total. The molecule has 2 aliphatic rings. The predicted octanol–water partition coefficient (Wildman–Crippen LogP) is 1.91. The van der Waals surface area contributed by atoms with Gasteiger partial charge in [-0.25, -0.2) is 0 Å². The van der Waals surface area contributed by atoms with E-state index in [2.05, 4.69) is 27.4 Å². The number of hydrogen-bond donors (Lipinski definition) is 2. The van der Waals surface area contributed by atoms with Gasteiger partial charge >= 0.3 is 6.18 Å². The third-order valence-electron chi connectivity index (χ3n) is 4.69. The maximum atomic E-state index is 12.5. The van der Waals surface area contributed by atoms with Crippen molar-refractivity contribution in [2.75, 3.05) is 52.4 Å². The quantitative estimate of drug-likeness (QED) is 0.536. The summed E-state index contributed by atoms with van der Waals surface area (Å²) < 4.78 is 37.5. The maximum absolute atomic E-state index is 12.5. The summed E-state index contributed by atoms with van der Waals surface area (Å²) in [5.41, 5.74) is 0. The zero-order chi connectivity index (χ0) is 18.3. The number of nitrogens with one attached hydrogen (secondary N) is 2. The van der Waals surface area contributed by atoms with Crippen molar-refractivity contribution in [1.29, 1.82) is 0 Å². The van der Waals surface area contributed by atoms with Crippen molar-refractivity contribution in [3.8, 4) is 0 Å². The number of likely N-dealkylation sites (tertiary alicyclic amines) is 2. The molecule has 0 aliphatic carbocycles. The molecule has 2 unspecified atom stereocenters. The van der Waals surface area contributed by atoms with Crippen molar-refractivity contribution in [3.63, 3.8) is 0 Å². The lowest BCUT2D eigenvalue weighted by molar-refractivity contribution is -0.143. The molecule has 2 atom stereocenters. The van der Waals surface area contributed by atoms with Crippen LogP contribution in [0.5, 0.6) is 0 Å². The number of alkyl halides is 3. The predicted molar refractivity (Wildman–Crippen MR) is 94.9 cm³/mol. The van der Waals surface area contributed by atoms with Gasteiger partial charge in [0.2, 0.25) is 0 Å². The fourth-order valence-corrected chi connectivity index (χ4v) is 3.57. The zero-order valence-corrected chi connectivity index (χ0v) is 15.4. The van der Waals surface area contributed by atoms with E-state index in [4.69, 9.17) is 0 Å². The van der Waals surface area contributed by atoms with Crippen molar-refractivity contribution in [2.45, 2.75) is 45.3 Å². The Morgan fingerprint density at radius 3 is 2.56 bits per heavy atom. The number of guanidine groups is 1. The lowest BCUT2D eigenvalue weighted by atomic mass is 10.2. The van der Waals surface area contributed by atoms with Crippen LogP contribution in [0.1, 0.15) is 33.1 Å². The van der Waals surface area contributed by atoms with Gasteiger partial charge in [0.25, 0.3) is 0 Å². The van der Waals surface area contributed by atoms with Crippen molar-refractivity contribution in [1.82, 2.24) is 20.4 Å². The molecular formula is C17H32F3N5. The number of rotatable bonds is 7. The summed E-state index contributed by atoms with van der Waals surface area (Å²) in [7, 11) is 0. The number of halogens is 3. The molecule has 8 heteroatoms. The van der Waals surface area contributed by atoms with Gasteiger partial charge < -0.3 is 15.5 Å². The molecule has 2 saturated heterocycles. The lowest BCUT2D eigenvalue weighted by Gasteiger charge is -2.21. The van der Waals surface area contributed by atoms with Gasteiger partial charge in [-0.15, -0.1) is 0 Å². The van der Waals surface area contributed by atoms with E-state index in [0.29, 0.717) is 25.4 Å². The molecule has 0 saturated carbocycles. The Balaban J connectivity index is 1.77. The first-order chi connectivity index (χ1) is 11.9. The van der Waals surface area contributed by atoms with E-state index >= 15 is 0 Å². The van der Waals surface area contributed by atoms with Crippen LogP contribution in [0.15, 0.2) is 4.99 Å². The summed E-state index contributed by atoms with van der Waals surface area (Å²) >= 11 is 0. The summed E-state index contributed by atoms with van der Waals surface area (Å²) in [5, 5.41) is 6.50. The van der Waals surface area contributed by atoms with Crippen molar-refractivity contribution in [2.24, 2.45) is 10.9 Å². The highest BCUT2D eigenvalue weighted by atomic mass is 19.4. The van der Waals surface area contributed by atoms with E-state index in [1.54, 1.807) is 0 Å². The van der Waals surface area contributed by atoms with Gasteiger partial charge in [0.15, 0.2) is 5.96 Å². The van der Waals surface area contributed by atoms with E-state index in [-0.39, 0.29) is 6.04 Å². The number of hydrogen-bond acceptors (Lipinski definition) is 3. The minimum Gasteiger partial charge on any atom is -0.357 e. The largest absolute Gasteiger partial charge is 0.401 e. The summed E-state index contributed by atoms with van der Waals surface area (Å²) in [5.74, 6) is 1.19. The molecule has 25 heavy (non-hydrogen) atoms. The normalized spacial score (nSPS) is 24.7. The minimum atomic E-state index is -4.13. The van der Waals surface area contributed by atoms with Crippen LogP contribution in [0.3, 0.4) is 0 Å². The van der Waals surface area contributed by atoms with Gasteiger partial charge in [0.1, 0.15) is 0 Å². The van der Waals surface area contributed by atoms with Crippen LogP contribution in [-0.2, 0) is 0 Å². The summed E-state index contributed by atoms with van der Waals surface area (Å²) in [6.07, 6.45) is -0.838. The molecule has 2 fully saturated rings. The second-order valence-corrected chi connectivity index (χ2v) is 7.31. The lowest BCUT2D eigenvalue weighted by Crippen LogP contribution is -2.45. The third kappa shape index (κ3) is 7.81. The monoisotopic (exact) mass is 363 g/mol. The average molecular weight is 363 g/mol. The second-order valence-electron chi connectivity index (χ2n) is 7.31. The first kappa shape index (κ1) is 20.3. The van der Waals surface area contributed by atoms with Crippen LogP contribution in [0.25, 0.3) is 0 Å². The Labute approximate surface area is 149 Å². The Hall–Kier alpha value is -1.02. The number of nitrogens with zero attached hydrogens (tertiary/aromatic N) is 3. The molecule has 146 valence electrons. The van der Waals surface area contributed by atoms with Gasteiger partial charge in [-0.05, 0) is 45.2 Å². The molecule has 0 amide bonds. The van der Waals surface area contributed by atoms with Gasteiger partial charge in [-0.2, -0.15) is 13.2 Å². The molecule has 0 spiro atoms. The Morgan fingerprint density at radius 1 is 1.20 bits per heavy atom. The van der Waals surface area contributed by atoms with E-state index in [1.807, 2.05) is 6.92 Å². The second kappa shape index (κ2) is 9.62. The average Bonchev–Trinajstić information content (AvgIpc) is 3.15. The van der Waals surface area contributed by atoms with Gasteiger partial charge in [0, 0.05) is 38.8 Å². The Morgan fingerprint density at radius 2 is 1.92 bits per heavy atom. The van der Waals surface area contributed by atoms with Crippen LogP contribution in [0, 0.1) is 5.92 Å². The highest BCUT2D eigenvalue weighted by Crippen LogP contribution is 2.20. The van der Waals surface area contributed by atoms with Crippen LogP contribution < -0.4 is 10.6 Å². The fraction of sp³-hybridized carbons (Fsp3) is 0.941. The molecule has 0 aromatic heterocycles. The number of aliphatic imine (C=N–C) groups is 1. The Kier molecular flexibility index (Phi) is 7.81. The highest BCUT2D eigenvalue weighted by Gasteiger charge is 2.34. The van der Waals surface area contributed by atoms with Crippen LogP contribution >= 0.6 is 0 Å². The van der Waals surface area contributed by atoms with Gasteiger partial charge in [-0.1, -0.05) is 6.92 Å². The molecule has 0 aromatic rings. The third-order valence-corrected chi connectivity index (χ3v) is 4.69. The first-order valence-corrected chi connectivity index (χ1v) is 9.42. The molecule has 2 N–H and O–H groups in total. The first-order valence-electron chi connectivity index (χ1n) is 9.42. The summed E-state index contributed by atoms with van der Waals surface area (Å²) in [6.45, 7) is 9.15. The standard InChI is InChI=1S/C17H32F3N5/c1-3-21-16(22-10-14(2)11-24-7-4-5-8-24)23-15-6-9-25(12-15)13-17(18,19)20/h14-15H,3-13H2,1-2H3,(H2,21,22,23). The van der Waals surface area contributed by atoms with Crippen molar-refractivity contribution >= 4 is 5.96 Å². The van der Waals surface area contributed by atoms with E-state index in [1.165, 1.54) is 30.8 Å². The molecule has 2 rings (SSSR count). The van der Waals surface area contributed by atoms with E-state index in [9.17, 15) is 13.2 Å². The topological polar surface area (TPSA) is 42.9 Å². The fourth-order valence-electron chi connectivity index (χ4n) is 3.57. The molecular weight excluding hydrogens is 331 g/mol. The Bertz CT molecular complexity index is 421. The molecule has 0 radical (unpaired) electrons. The molecule has 2 aliphatic heterocycles. The van der Waals surface area contributed by atoms with Crippen molar-refractivity contribution in [3.05, 3.63) is 0 Å². The summed E-state index contributed by atoms with van der Waals surface area (Å²) in [4.78, 5) is 8.58. The maximum Gasteiger partial charge on any atom is 0.401 e. The SMILES string of the molecule is CCNC(=NCC(C)CN1CCCC1)NC1CCN(CC(F)(F)F)C1. The van der Waals surface area contributed by atoms with Crippen LogP contribution in [0.2, 0.25) is 0 Å². The molecule has 0 bridgehead atoms. The zero-order valence-electron chi connectivity index (χ0n) is 15.4. The van der Waals surface area contributed by atoms with Gasteiger partial charge in [0.05, 0.1) is 6.54 Å². The van der Waals surface area contributed by atoms with E-state index in [0.717, 1.165) is 25.6 Å². The molecule has 2 heterocycles. The summed E-state index contributed by atoms with van der Waals surface area (Å²) in [6, 6.07) is 0.0223. The van der Waals surface area contributed by atoms with Crippen LogP contribution in [0.4, 0.5) is 13.2 Å². The minimum absolute atomic E-state index is 0.0223.